The maximum absolute atomic E-state index is 10.4. The van der Waals surface area contributed by atoms with Crippen LogP contribution >= 0.6 is 0 Å². The summed E-state index contributed by atoms with van der Waals surface area (Å²) < 4.78 is 0. The molecule has 0 aromatic carbocycles. The van der Waals surface area contributed by atoms with Crippen LogP contribution in [0.2, 0.25) is 0 Å². The van der Waals surface area contributed by atoms with E-state index >= 15 is 0 Å². The summed E-state index contributed by atoms with van der Waals surface area (Å²) in [4.78, 5) is 14.0. The topological polar surface area (TPSA) is 80.1 Å². The fraction of sp³-hybridized carbons (Fsp3) is 0.545. The predicted molar refractivity (Wildman–Crippen MR) is 65.0 cm³/mol. The highest BCUT2D eigenvalue weighted by atomic mass is 16.6. The van der Waals surface area contributed by atoms with E-state index in [2.05, 4.69) is 15.6 Å². The molecule has 0 saturated carbocycles. The van der Waals surface area contributed by atoms with E-state index in [4.69, 9.17) is 0 Å². The minimum absolute atomic E-state index is 0.0213. The first-order valence-corrected chi connectivity index (χ1v) is 5.83. The van der Waals surface area contributed by atoms with Gasteiger partial charge in [-0.2, -0.15) is 0 Å². The zero-order valence-electron chi connectivity index (χ0n) is 9.56. The summed E-state index contributed by atoms with van der Waals surface area (Å²) >= 11 is 0. The van der Waals surface area contributed by atoms with E-state index in [1.807, 2.05) is 0 Å². The number of nitrogens with zero attached hydrogens (tertiary/aromatic N) is 2. The Labute approximate surface area is 99.6 Å². The van der Waals surface area contributed by atoms with Gasteiger partial charge in [-0.05, 0) is 31.9 Å². The Morgan fingerprint density at radius 2 is 2.47 bits per heavy atom. The number of pyridine rings is 1. The van der Waals surface area contributed by atoms with E-state index in [1.165, 1.54) is 25.1 Å². The molecule has 17 heavy (non-hydrogen) atoms. The van der Waals surface area contributed by atoms with Gasteiger partial charge >= 0.3 is 0 Å². The Hall–Kier alpha value is -1.69. The van der Waals surface area contributed by atoms with Gasteiger partial charge in [0, 0.05) is 18.7 Å². The van der Waals surface area contributed by atoms with Crippen molar-refractivity contribution in [1.29, 1.82) is 0 Å². The van der Waals surface area contributed by atoms with Crippen LogP contribution in [0.5, 0.6) is 0 Å². The van der Waals surface area contributed by atoms with E-state index in [9.17, 15) is 10.1 Å². The van der Waals surface area contributed by atoms with Crippen LogP contribution in [0.4, 0.5) is 11.5 Å². The molecule has 0 amide bonds. The summed E-state index contributed by atoms with van der Waals surface area (Å²) in [6.07, 6.45) is 4.81. The Balaban J connectivity index is 1.76. The normalized spacial score (nSPS) is 19.2. The third-order valence-corrected chi connectivity index (χ3v) is 2.92. The van der Waals surface area contributed by atoms with Crippen LogP contribution in [0.15, 0.2) is 18.3 Å². The Kier molecular flexibility index (Phi) is 3.87. The quantitative estimate of drug-likeness (QED) is 0.598. The summed E-state index contributed by atoms with van der Waals surface area (Å²) in [6, 6.07) is 3.70. The van der Waals surface area contributed by atoms with Crippen molar-refractivity contribution in [1.82, 2.24) is 10.3 Å². The number of nitro groups is 1. The van der Waals surface area contributed by atoms with Crippen molar-refractivity contribution >= 4 is 11.5 Å². The molecule has 2 heterocycles. The summed E-state index contributed by atoms with van der Waals surface area (Å²) in [7, 11) is 0. The van der Waals surface area contributed by atoms with E-state index in [-0.39, 0.29) is 5.69 Å². The molecule has 0 spiro atoms. The number of hydrogen-bond donors (Lipinski definition) is 2. The van der Waals surface area contributed by atoms with Gasteiger partial charge in [0.25, 0.3) is 5.69 Å². The lowest BCUT2D eigenvalue weighted by Crippen LogP contribution is -2.24. The van der Waals surface area contributed by atoms with Gasteiger partial charge in [0.2, 0.25) is 0 Å². The molecule has 6 heteroatoms. The van der Waals surface area contributed by atoms with Crippen molar-refractivity contribution in [2.45, 2.75) is 25.3 Å². The first-order valence-electron chi connectivity index (χ1n) is 5.83. The SMILES string of the molecule is O=[N+]([O-])c1ccc(NCC[C@@H]2CCCN2)nc1. The van der Waals surface area contributed by atoms with Crippen LogP contribution in [0.25, 0.3) is 0 Å². The lowest BCUT2D eigenvalue weighted by Gasteiger charge is -2.10. The Bertz CT molecular complexity index is 374. The maximum atomic E-state index is 10.4. The first kappa shape index (κ1) is 11.8. The fourth-order valence-corrected chi connectivity index (χ4v) is 1.98. The van der Waals surface area contributed by atoms with Crippen molar-refractivity contribution in [3.05, 3.63) is 28.4 Å². The lowest BCUT2D eigenvalue weighted by atomic mass is 10.1. The number of hydrogen-bond acceptors (Lipinski definition) is 5. The second kappa shape index (κ2) is 5.58. The highest BCUT2D eigenvalue weighted by molar-refractivity contribution is 5.39. The molecule has 1 atom stereocenters. The molecule has 2 rings (SSSR count). The monoisotopic (exact) mass is 236 g/mol. The molecule has 2 N–H and O–H groups in total. The molecule has 0 unspecified atom stereocenters. The van der Waals surface area contributed by atoms with Gasteiger partial charge in [0.15, 0.2) is 0 Å². The molecule has 1 aliphatic heterocycles. The highest BCUT2D eigenvalue weighted by Gasteiger charge is 2.13. The van der Waals surface area contributed by atoms with Crippen molar-refractivity contribution in [2.24, 2.45) is 0 Å². The average molecular weight is 236 g/mol. The molecule has 0 aliphatic carbocycles. The fourth-order valence-electron chi connectivity index (χ4n) is 1.98. The summed E-state index contributed by atoms with van der Waals surface area (Å²) in [5, 5.41) is 17.0. The molecule has 1 aromatic rings. The van der Waals surface area contributed by atoms with Crippen LogP contribution in [0.3, 0.4) is 0 Å². The summed E-state index contributed by atoms with van der Waals surface area (Å²) in [5.74, 6) is 0.689. The lowest BCUT2D eigenvalue weighted by molar-refractivity contribution is -0.385. The maximum Gasteiger partial charge on any atom is 0.287 e. The van der Waals surface area contributed by atoms with E-state index in [1.54, 1.807) is 6.07 Å². The van der Waals surface area contributed by atoms with Crippen LogP contribution in [-0.4, -0.2) is 29.0 Å². The van der Waals surface area contributed by atoms with Gasteiger partial charge in [0.1, 0.15) is 12.0 Å². The van der Waals surface area contributed by atoms with Crippen molar-refractivity contribution in [3.63, 3.8) is 0 Å². The van der Waals surface area contributed by atoms with Crippen LogP contribution in [-0.2, 0) is 0 Å². The predicted octanol–water partition coefficient (Wildman–Crippen LogP) is 1.54. The minimum atomic E-state index is -0.445. The Morgan fingerprint density at radius 3 is 3.06 bits per heavy atom. The van der Waals surface area contributed by atoms with Crippen LogP contribution < -0.4 is 10.6 Å². The molecule has 1 aliphatic rings. The van der Waals surface area contributed by atoms with Gasteiger partial charge < -0.3 is 10.6 Å². The van der Waals surface area contributed by atoms with E-state index < -0.39 is 4.92 Å². The standard InChI is InChI=1S/C11H16N4O2/c16-15(17)10-3-4-11(14-8-10)13-7-5-9-2-1-6-12-9/h3-4,8-9,12H,1-2,5-7H2,(H,13,14)/t9-/m0/s1. The van der Waals surface area contributed by atoms with E-state index in [0.29, 0.717) is 11.9 Å². The second-order valence-electron chi connectivity index (χ2n) is 4.17. The highest BCUT2D eigenvalue weighted by Crippen LogP contribution is 2.13. The van der Waals surface area contributed by atoms with Crippen molar-refractivity contribution in [2.75, 3.05) is 18.4 Å². The van der Waals surface area contributed by atoms with Gasteiger partial charge in [-0.15, -0.1) is 0 Å². The first-order chi connectivity index (χ1) is 8.25. The molecule has 1 fully saturated rings. The molecule has 1 aromatic heterocycles. The van der Waals surface area contributed by atoms with Gasteiger partial charge in [-0.1, -0.05) is 0 Å². The number of rotatable bonds is 5. The summed E-state index contributed by atoms with van der Waals surface area (Å²) in [5.41, 5.74) is 0.0213. The third-order valence-electron chi connectivity index (χ3n) is 2.92. The van der Waals surface area contributed by atoms with Crippen molar-refractivity contribution in [3.8, 4) is 0 Å². The second-order valence-corrected chi connectivity index (χ2v) is 4.17. The smallest absolute Gasteiger partial charge is 0.287 e. The van der Waals surface area contributed by atoms with Crippen LogP contribution in [0, 0.1) is 10.1 Å². The third kappa shape index (κ3) is 3.39. The van der Waals surface area contributed by atoms with Gasteiger partial charge in [-0.3, -0.25) is 10.1 Å². The molecular formula is C11H16N4O2. The molecule has 1 saturated heterocycles. The zero-order chi connectivity index (χ0) is 12.1. The average Bonchev–Trinajstić information content (AvgIpc) is 2.83. The molecule has 0 radical (unpaired) electrons. The van der Waals surface area contributed by atoms with Crippen molar-refractivity contribution < 1.29 is 4.92 Å². The molecule has 92 valence electrons. The van der Waals surface area contributed by atoms with Gasteiger partial charge in [-0.25, -0.2) is 4.98 Å². The van der Waals surface area contributed by atoms with Gasteiger partial charge in [0.05, 0.1) is 4.92 Å². The largest absolute Gasteiger partial charge is 0.370 e. The number of anilines is 1. The molecule has 0 bridgehead atoms. The molecular weight excluding hydrogens is 220 g/mol. The summed E-state index contributed by atoms with van der Waals surface area (Å²) in [6.45, 7) is 1.95. The number of aromatic nitrogens is 1. The number of nitrogens with one attached hydrogen (secondary N) is 2. The zero-order valence-corrected chi connectivity index (χ0v) is 9.56. The Morgan fingerprint density at radius 1 is 1.59 bits per heavy atom. The van der Waals surface area contributed by atoms with Crippen LogP contribution in [0.1, 0.15) is 19.3 Å². The van der Waals surface area contributed by atoms with E-state index in [0.717, 1.165) is 19.5 Å². The molecule has 6 nitrogen and oxygen atoms in total. The minimum Gasteiger partial charge on any atom is -0.370 e.